The van der Waals surface area contributed by atoms with Crippen LogP contribution in [0.1, 0.15) is 23.3 Å². The molecular formula is C22H33IN4O2S. The molecule has 1 aliphatic rings. The molecule has 1 atom stereocenters. The van der Waals surface area contributed by atoms with Crippen LogP contribution < -0.4 is 20.1 Å². The molecule has 6 nitrogen and oxygen atoms in total. The normalized spacial score (nSPS) is 17.2. The van der Waals surface area contributed by atoms with Crippen LogP contribution in [-0.4, -0.2) is 51.8 Å². The van der Waals surface area contributed by atoms with E-state index in [9.17, 15) is 0 Å². The van der Waals surface area contributed by atoms with Gasteiger partial charge in [-0.2, -0.15) is 0 Å². The molecule has 8 heteroatoms. The van der Waals surface area contributed by atoms with Gasteiger partial charge in [-0.3, -0.25) is 9.89 Å². The van der Waals surface area contributed by atoms with Gasteiger partial charge >= 0.3 is 0 Å². The van der Waals surface area contributed by atoms with Crippen LogP contribution in [0.4, 0.5) is 0 Å². The fourth-order valence-corrected chi connectivity index (χ4v) is 4.47. The van der Waals surface area contributed by atoms with E-state index in [4.69, 9.17) is 9.47 Å². The van der Waals surface area contributed by atoms with Crippen LogP contribution in [0.3, 0.4) is 0 Å². The number of piperidine rings is 1. The van der Waals surface area contributed by atoms with E-state index in [1.165, 1.54) is 24.3 Å². The number of nitrogens with one attached hydrogen (secondary N) is 2. The van der Waals surface area contributed by atoms with E-state index in [1.54, 1.807) is 14.2 Å². The minimum absolute atomic E-state index is 0. The average Bonchev–Trinajstić information content (AvgIpc) is 3.27. The van der Waals surface area contributed by atoms with E-state index < -0.39 is 0 Å². The Morgan fingerprint density at radius 2 is 2.03 bits per heavy atom. The minimum Gasteiger partial charge on any atom is -0.493 e. The molecule has 166 valence electrons. The van der Waals surface area contributed by atoms with Gasteiger partial charge in [-0.05, 0) is 54.4 Å². The van der Waals surface area contributed by atoms with Crippen molar-refractivity contribution in [1.82, 2.24) is 15.5 Å². The molecule has 0 spiro atoms. The number of thiophene rings is 1. The van der Waals surface area contributed by atoms with Gasteiger partial charge in [0.05, 0.1) is 14.2 Å². The molecule has 1 saturated heterocycles. The van der Waals surface area contributed by atoms with E-state index in [-0.39, 0.29) is 24.0 Å². The maximum Gasteiger partial charge on any atom is 0.191 e. The zero-order valence-electron chi connectivity index (χ0n) is 18.0. The second-order valence-electron chi connectivity index (χ2n) is 7.32. The molecule has 1 aromatic carbocycles. The van der Waals surface area contributed by atoms with E-state index in [1.807, 2.05) is 36.6 Å². The third kappa shape index (κ3) is 7.31. The summed E-state index contributed by atoms with van der Waals surface area (Å²) in [6, 6.07) is 10.3. The largest absolute Gasteiger partial charge is 0.493 e. The lowest BCUT2D eigenvalue weighted by molar-refractivity contribution is 0.169. The zero-order valence-corrected chi connectivity index (χ0v) is 21.2. The second-order valence-corrected chi connectivity index (χ2v) is 8.35. The lowest BCUT2D eigenvalue weighted by Gasteiger charge is -2.32. The molecule has 0 amide bonds. The molecule has 0 radical (unpaired) electrons. The smallest absolute Gasteiger partial charge is 0.191 e. The van der Waals surface area contributed by atoms with Crippen LogP contribution in [0.2, 0.25) is 0 Å². The predicted molar refractivity (Wildman–Crippen MR) is 135 cm³/mol. The van der Waals surface area contributed by atoms with E-state index >= 15 is 0 Å². The first-order valence-corrected chi connectivity index (χ1v) is 11.0. The molecule has 2 N–H and O–H groups in total. The lowest BCUT2D eigenvalue weighted by atomic mass is 9.98. The summed E-state index contributed by atoms with van der Waals surface area (Å²) in [5.41, 5.74) is 1.12. The molecule has 1 aliphatic heterocycles. The summed E-state index contributed by atoms with van der Waals surface area (Å²) in [5, 5.41) is 9.05. The monoisotopic (exact) mass is 544 g/mol. The van der Waals surface area contributed by atoms with E-state index in [0.29, 0.717) is 12.5 Å². The quantitative estimate of drug-likeness (QED) is 0.300. The number of hydrogen-bond donors (Lipinski definition) is 2. The van der Waals surface area contributed by atoms with Gasteiger partial charge in [0.1, 0.15) is 0 Å². The van der Waals surface area contributed by atoms with Crippen molar-refractivity contribution in [2.45, 2.75) is 25.9 Å². The number of guanidine groups is 1. The molecule has 30 heavy (non-hydrogen) atoms. The van der Waals surface area contributed by atoms with Gasteiger partial charge in [0.15, 0.2) is 17.5 Å². The van der Waals surface area contributed by atoms with Crippen molar-refractivity contribution in [2.24, 2.45) is 10.9 Å². The standard InChI is InChI=1S/C22H32N4O2S.HI/c1-23-22(24-13-17-8-9-20(27-2)21(12-17)28-3)25-14-18-6-4-10-26(15-18)16-19-7-5-11-29-19;/h5,7-9,11-12,18H,4,6,10,13-16H2,1-3H3,(H2,23,24,25);1H. The first-order chi connectivity index (χ1) is 14.2. The van der Waals surface area contributed by atoms with Crippen molar-refractivity contribution in [3.8, 4) is 11.5 Å². The van der Waals surface area contributed by atoms with Gasteiger partial charge in [0.25, 0.3) is 0 Å². The fourth-order valence-electron chi connectivity index (χ4n) is 3.72. The molecule has 0 aliphatic carbocycles. The second kappa shape index (κ2) is 13.0. The topological polar surface area (TPSA) is 58.1 Å². The highest BCUT2D eigenvalue weighted by atomic mass is 127. The molecule has 1 aromatic heterocycles. The Morgan fingerprint density at radius 1 is 1.20 bits per heavy atom. The van der Waals surface area contributed by atoms with Crippen LogP contribution in [0.5, 0.6) is 11.5 Å². The summed E-state index contributed by atoms with van der Waals surface area (Å²) < 4.78 is 10.7. The number of halogens is 1. The van der Waals surface area contributed by atoms with Crippen molar-refractivity contribution < 1.29 is 9.47 Å². The predicted octanol–water partition coefficient (Wildman–Crippen LogP) is 3.96. The number of likely N-dealkylation sites (tertiary alicyclic amines) is 1. The van der Waals surface area contributed by atoms with Crippen molar-refractivity contribution >= 4 is 41.3 Å². The fraction of sp³-hybridized carbons (Fsp3) is 0.500. The molecule has 1 unspecified atom stereocenters. The van der Waals surface area contributed by atoms with Gasteiger partial charge < -0.3 is 20.1 Å². The zero-order chi connectivity index (χ0) is 20.5. The number of ether oxygens (including phenoxy) is 2. The first-order valence-electron chi connectivity index (χ1n) is 10.1. The summed E-state index contributed by atoms with van der Waals surface area (Å²) in [7, 11) is 5.11. The summed E-state index contributed by atoms with van der Waals surface area (Å²) >= 11 is 1.85. The Morgan fingerprint density at radius 3 is 2.73 bits per heavy atom. The Labute approximate surface area is 201 Å². The van der Waals surface area contributed by atoms with Gasteiger partial charge in [-0.1, -0.05) is 12.1 Å². The molecule has 2 aromatic rings. The van der Waals surface area contributed by atoms with Crippen molar-refractivity contribution in [1.29, 1.82) is 0 Å². The molecule has 1 fully saturated rings. The van der Waals surface area contributed by atoms with Crippen LogP contribution in [0, 0.1) is 5.92 Å². The highest BCUT2D eigenvalue weighted by molar-refractivity contribution is 14.0. The van der Waals surface area contributed by atoms with Crippen LogP contribution in [-0.2, 0) is 13.1 Å². The first kappa shape index (κ1) is 24.7. The van der Waals surface area contributed by atoms with Crippen LogP contribution >= 0.6 is 35.3 Å². The summed E-state index contributed by atoms with van der Waals surface area (Å²) in [6.07, 6.45) is 2.52. The maximum absolute atomic E-state index is 5.38. The number of nitrogens with zero attached hydrogens (tertiary/aromatic N) is 2. The minimum atomic E-state index is 0. The number of rotatable bonds is 8. The number of methoxy groups -OCH3 is 2. The maximum atomic E-state index is 5.38. The molecule has 3 rings (SSSR count). The van der Waals surface area contributed by atoms with Crippen molar-refractivity contribution in [3.05, 3.63) is 46.2 Å². The molecule has 2 heterocycles. The Kier molecular flexibility index (Phi) is 10.7. The van der Waals surface area contributed by atoms with Crippen LogP contribution in [0.25, 0.3) is 0 Å². The highest BCUT2D eigenvalue weighted by Crippen LogP contribution is 2.27. The van der Waals surface area contributed by atoms with Gasteiger partial charge in [0.2, 0.25) is 0 Å². The Balaban J connectivity index is 0.00000320. The van der Waals surface area contributed by atoms with Crippen molar-refractivity contribution in [3.63, 3.8) is 0 Å². The molecule has 0 saturated carbocycles. The summed E-state index contributed by atoms with van der Waals surface area (Å²) in [4.78, 5) is 8.39. The third-order valence-electron chi connectivity index (χ3n) is 5.25. The lowest BCUT2D eigenvalue weighted by Crippen LogP contribution is -2.44. The van der Waals surface area contributed by atoms with E-state index in [0.717, 1.165) is 42.7 Å². The van der Waals surface area contributed by atoms with Gasteiger partial charge in [-0.25, -0.2) is 0 Å². The Bertz CT molecular complexity index is 785. The Hall–Kier alpha value is -1.52. The highest BCUT2D eigenvalue weighted by Gasteiger charge is 2.20. The average molecular weight is 545 g/mol. The van der Waals surface area contributed by atoms with E-state index in [2.05, 4.69) is 38.0 Å². The molecular weight excluding hydrogens is 511 g/mol. The summed E-state index contributed by atoms with van der Waals surface area (Å²) in [6.45, 7) is 5.01. The van der Waals surface area contributed by atoms with Gasteiger partial charge in [-0.15, -0.1) is 35.3 Å². The number of hydrogen-bond acceptors (Lipinski definition) is 5. The SMILES string of the molecule is CN=C(NCc1ccc(OC)c(OC)c1)NCC1CCCN(Cc2cccs2)C1.I. The number of aliphatic imine (C=N–C) groups is 1. The number of benzene rings is 1. The van der Waals surface area contributed by atoms with Crippen LogP contribution in [0.15, 0.2) is 40.7 Å². The third-order valence-corrected chi connectivity index (χ3v) is 6.11. The molecule has 0 bridgehead atoms. The van der Waals surface area contributed by atoms with Gasteiger partial charge in [0, 0.05) is 38.1 Å². The van der Waals surface area contributed by atoms with Crippen molar-refractivity contribution in [2.75, 3.05) is 40.9 Å². The summed E-state index contributed by atoms with van der Waals surface area (Å²) in [5.74, 6) is 2.95.